The molecule has 0 aliphatic rings. The molecule has 0 saturated carbocycles. The molecule has 0 aromatic heterocycles. The van der Waals surface area contributed by atoms with Gasteiger partial charge in [-0.05, 0) is 38.8 Å². The Balaban J connectivity index is 3.54. The highest BCUT2D eigenvalue weighted by molar-refractivity contribution is 5.47. The summed E-state index contributed by atoms with van der Waals surface area (Å²) in [6.07, 6.45) is -5.20. The van der Waals surface area contributed by atoms with Gasteiger partial charge < -0.3 is 9.84 Å². The first-order valence-electron chi connectivity index (χ1n) is 6.21. The number of ether oxygens (including phenoxy) is 1. The van der Waals surface area contributed by atoms with Gasteiger partial charge in [0.2, 0.25) is 0 Å². The standard InChI is InChI=1S/C14H19F3O2/c1-5-13(18,14(15,16)17)11-8-9(3)7-10(4)12(11)19-6-2/h7-8,18H,5-6H2,1-4H3. The van der Waals surface area contributed by atoms with E-state index in [-0.39, 0.29) is 17.9 Å². The van der Waals surface area contributed by atoms with Crippen LogP contribution in [0.15, 0.2) is 12.1 Å². The molecular formula is C14H19F3O2. The van der Waals surface area contributed by atoms with Crippen molar-refractivity contribution < 1.29 is 23.0 Å². The van der Waals surface area contributed by atoms with E-state index in [0.29, 0.717) is 11.1 Å². The van der Waals surface area contributed by atoms with Crippen LogP contribution in [0, 0.1) is 13.8 Å². The van der Waals surface area contributed by atoms with Crippen molar-refractivity contribution in [3.8, 4) is 5.75 Å². The lowest BCUT2D eigenvalue weighted by Crippen LogP contribution is -2.42. The van der Waals surface area contributed by atoms with Crippen molar-refractivity contribution >= 4 is 0 Å². The van der Waals surface area contributed by atoms with Crippen molar-refractivity contribution in [1.82, 2.24) is 0 Å². The van der Waals surface area contributed by atoms with E-state index < -0.39 is 18.2 Å². The van der Waals surface area contributed by atoms with Gasteiger partial charge in [-0.15, -0.1) is 0 Å². The van der Waals surface area contributed by atoms with Gasteiger partial charge in [-0.3, -0.25) is 0 Å². The fourth-order valence-electron chi connectivity index (χ4n) is 2.14. The molecule has 0 bridgehead atoms. The first-order valence-corrected chi connectivity index (χ1v) is 6.21. The van der Waals surface area contributed by atoms with E-state index in [2.05, 4.69) is 0 Å². The molecule has 1 aromatic rings. The number of aryl methyl sites for hydroxylation is 2. The summed E-state index contributed by atoms with van der Waals surface area (Å²) in [6.45, 7) is 6.61. The van der Waals surface area contributed by atoms with Crippen molar-refractivity contribution in [1.29, 1.82) is 0 Å². The van der Waals surface area contributed by atoms with Gasteiger partial charge in [0.15, 0.2) is 5.60 Å². The fourth-order valence-corrected chi connectivity index (χ4v) is 2.14. The van der Waals surface area contributed by atoms with Gasteiger partial charge in [-0.25, -0.2) is 0 Å². The second-order valence-electron chi connectivity index (χ2n) is 4.60. The van der Waals surface area contributed by atoms with E-state index in [0.717, 1.165) is 0 Å². The summed E-state index contributed by atoms with van der Waals surface area (Å²) in [5.74, 6) is 0.120. The monoisotopic (exact) mass is 276 g/mol. The zero-order valence-electron chi connectivity index (χ0n) is 11.6. The lowest BCUT2D eigenvalue weighted by Gasteiger charge is -2.32. The number of alkyl halides is 3. The predicted octanol–water partition coefficient (Wildman–Crippen LogP) is 3.86. The Hall–Kier alpha value is -1.23. The van der Waals surface area contributed by atoms with E-state index in [1.54, 1.807) is 26.8 Å². The largest absolute Gasteiger partial charge is 0.493 e. The van der Waals surface area contributed by atoms with Crippen LogP contribution in [0.25, 0.3) is 0 Å². The number of hydrogen-bond donors (Lipinski definition) is 1. The second-order valence-corrected chi connectivity index (χ2v) is 4.60. The fraction of sp³-hybridized carbons (Fsp3) is 0.571. The van der Waals surface area contributed by atoms with Crippen LogP contribution in [-0.2, 0) is 5.60 Å². The van der Waals surface area contributed by atoms with Gasteiger partial charge in [0, 0.05) is 5.56 Å². The lowest BCUT2D eigenvalue weighted by atomic mass is 9.87. The van der Waals surface area contributed by atoms with Gasteiger partial charge >= 0.3 is 6.18 Å². The Kier molecular flexibility index (Phi) is 4.50. The summed E-state index contributed by atoms with van der Waals surface area (Å²) < 4.78 is 44.8. The Labute approximate surface area is 111 Å². The van der Waals surface area contributed by atoms with E-state index in [1.165, 1.54) is 13.0 Å². The van der Waals surface area contributed by atoms with Crippen LogP contribution in [-0.4, -0.2) is 17.9 Å². The van der Waals surface area contributed by atoms with Crippen LogP contribution in [0.5, 0.6) is 5.75 Å². The molecule has 0 amide bonds. The van der Waals surface area contributed by atoms with Gasteiger partial charge in [-0.1, -0.05) is 18.6 Å². The third-order valence-electron chi connectivity index (χ3n) is 3.13. The number of halogens is 3. The molecule has 0 aliphatic carbocycles. The SMILES string of the molecule is CCOc1c(C)cc(C)cc1C(O)(CC)C(F)(F)F. The minimum atomic E-state index is -4.74. The third-order valence-corrected chi connectivity index (χ3v) is 3.13. The molecule has 0 aliphatic heterocycles. The quantitative estimate of drug-likeness (QED) is 0.904. The van der Waals surface area contributed by atoms with Gasteiger partial charge in [0.1, 0.15) is 5.75 Å². The summed E-state index contributed by atoms with van der Waals surface area (Å²) in [4.78, 5) is 0. The second kappa shape index (κ2) is 5.41. The highest BCUT2D eigenvalue weighted by atomic mass is 19.4. The molecule has 1 rings (SSSR count). The van der Waals surface area contributed by atoms with Gasteiger partial charge in [-0.2, -0.15) is 13.2 Å². The summed E-state index contributed by atoms with van der Waals surface area (Å²) in [5, 5.41) is 10.1. The lowest BCUT2D eigenvalue weighted by molar-refractivity contribution is -0.268. The molecule has 1 unspecified atom stereocenters. The van der Waals surface area contributed by atoms with Crippen molar-refractivity contribution in [3.05, 3.63) is 28.8 Å². The predicted molar refractivity (Wildman–Crippen MR) is 67.3 cm³/mol. The number of rotatable bonds is 4. The van der Waals surface area contributed by atoms with Crippen LogP contribution in [0.3, 0.4) is 0 Å². The van der Waals surface area contributed by atoms with Crippen molar-refractivity contribution in [2.45, 2.75) is 45.9 Å². The molecule has 1 aromatic carbocycles. The van der Waals surface area contributed by atoms with Crippen LogP contribution in [0.4, 0.5) is 13.2 Å². The zero-order chi connectivity index (χ0) is 14.8. The Morgan fingerprint density at radius 2 is 1.74 bits per heavy atom. The Bertz CT molecular complexity index is 455. The maximum Gasteiger partial charge on any atom is 0.421 e. The van der Waals surface area contributed by atoms with E-state index in [1.807, 2.05) is 0 Å². The van der Waals surface area contributed by atoms with E-state index in [4.69, 9.17) is 4.74 Å². The number of aliphatic hydroxyl groups is 1. The zero-order valence-corrected chi connectivity index (χ0v) is 11.6. The molecule has 0 fully saturated rings. The van der Waals surface area contributed by atoms with Crippen molar-refractivity contribution in [3.63, 3.8) is 0 Å². The normalized spacial score (nSPS) is 15.2. The Morgan fingerprint density at radius 1 is 1.16 bits per heavy atom. The topological polar surface area (TPSA) is 29.5 Å². The van der Waals surface area contributed by atoms with E-state index >= 15 is 0 Å². The molecule has 108 valence electrons. The van der Waals surface area contributed by atoms with Crippen LogP contribution < -0.4 is 4.74 Å². The van der Waals surface area contributed by atoms with Crippen molar-refractivity contribution in [2.75, 3.05) is 6.61 Å². The average Bonchev–Trinajstić information content (AvgIpc) is 2.29. The average molecular weight is 276 g/mol. The molecule has 0 spiro atoms. The molecule has 19 heavy (non-hydrogen) atoms. The first-order chi connectivity index (χ1) is 8.67. The molecule has 0 heterocycles. The molecule has 5 heteroatoms. The van der Waals surface area contributed by atoms with Gasteiger partial charge in [0.25, 0.3) is 0 Å². The molecule has 1 atom stereocenters. The molecule has 0 saturated heterocycles. The summed E-state index contributed by atoms with van der Waals surface area (Å²) in [5.41, 5.74) is -1.84. The highest BCUT2D eigenvalue weighted by Crippen LogP contribution is 2.46. The smallest absolute Gasteiger partial charge is 0.421 e. The molecule has 2 nitrogen and oxygen atoms in total. The minimum Gasteiger partial charge on any atom is -0.493 e. The molecule has 0 radical (unpaired) electrons. The van der Waals surface area contributed by atoms with Crippen LogP contribution >= 0.6 is 0 Å². The van der Waals surface area contributed by atoms with Gasteiger partial charge in [0.05, 0.1) is 6.61 Å². The van der Waals surface area contributed by atoms with Crippen LogP contribution in [0.2, 0.25) is 0 Å². The minimum absolute atomic E-state index is 0.120. The highest BCUT2D eigenvalue weighted by Gasteiger charge is 2.55. The molecule has 1 N–H and O–H groups in total. The summed E-state index contributed by atoms with van der Waals surface area (Å²) in [7, 11) is 0. The summed E-state index contributed by atoms with van der Waals surface area (Å²) >= 11 is 0. The number of hydrogen-bond acceptors (Lipinski definition) is 2. The van der Waals surface area contributed by atoms with Crippen molar-refractivity contribution in [2.24, 2.45) is 0 Å². The first kappa shape index (κ1) is 15.8. The van der Waals surface area contributed by atoms with E-state index in [9.17, 15) is 18.3 Å². The number of benzene rings is 1. The van der Waals surface area contributed by atoms with Crippen LogP contribution in [0.1, 0.15) is 37.0 Å². The molecular weight excluding hydrogens is 257 g/mol. The maximum atomic E-state index is 13.2. The summed E-state index contributed by atoms with van der Waals surface area (Å²) in [6, 6.07) is 3.08. The Morgan fingerprint density at radius 3 is 2.16 bits per heavy atom. The maximum absolute atomic E-state index is 13.2. The third kappa shape index (κ3) is 2.86.